The average Bonchev–Trinajstić information content (AvgIpc) is 2.89. The molecular formula is C28H32F6N4S. The van der Waals surface area contributed by atoms with Gasteiger partial charge < -0.3 is 15.5 Å². The Kier molecular flexibility index (Phi) is 9.53. The first-order chi connectivity index (χ1) is 18.5. The normalized spacial score (nSPS) is 16.6. The SMILES string of the molecule is CC1CN(c2ccc(NCCCCCCSc3ccnc4cc(C(F)(F)F)ccc34)cc2C(F)(F)F)CCN1. The molecule has 1 aliphatic heterocycles. The molecule has 1 atom stereocenters. The number of nitrogens with zero attached hydrogens (tertiary/aromatic N) is 2. The highest BCUT2D eigenvalue weighted by atomic mass is 32.2. The highest BCUT2D eigenvalue weighted by molar-refractivity contribution is 7.99. The van der Waals surface area contributed by atoms with E-state index in [0.717, 1.165) is 48.5 Å². The number of hydrogen-bond donors (Lipinski definition) is 2. The standard InChI is InChI=1S/C28H32F6N4S/c1-19-18-38(14-13-35-19)25-9-7-21(17-23(25)28(32,33)34)36-11-4-2-3-5-15-39-26-10-12-37-24-16-20(27(29,30)31)6-8-22(24)26/h6-10,12,16-17,19,35-36H,2-5,11,13-15,18H2,1H3. The first-order valence-electron chi connectivity index (χ1n) is 13.0. The molecule has 2 heterocycles. The Bertz CT molecular complexity index is 1250. The van der Waals surface area contributed by atoms with Gasteiger partial charge in [0.15, 0.2) is 0 Å². The molecule has 11 heteroatoms. The van der Waals surface area contributed by atoms with Crippen molar-refractivity contribution in [3.8, 4) is 0 Å². The highest BCUT2D eigenvalue weighted by Gasteiger charge is 2.36. The number of benzene rings is 2. The molecule has 0 radical (unpaired) electrons. The van der Waals surface area contributed by atoms with E-state index in [1.54, 1.807) is 28.8 Å². The molecule has 39 heavy (non-hydrogen) atoms. The number of hydrogen-bond acceptors (Lipinski definition) is 5. The molecule has 212 valence electrons. The summed E-state index contributed by atoms with van der Waals surface area (Å²) in [6, 6.07) is 10.0. The predicted octanol–water partition coefficient (Wildman–Crippen LogP) is 7.84. The van der Waals surface area contributed by atoms with Crippen LogP contribution >= 0.6 is 11.8 Å². The van der Waals surface area contributed by atoms with Crippen LogP contribution in [0.3, 0.4) is 0 Å². The topological polar surface area (TPSA) is 40.2 Å². The molecule has 1 saturated heterocycles. The van der Waals surface area contributed by atoms with Crippen molar-refractivity contribution in [1.29, 1.82) is 0 Å². The predicted molar refractivity (Wildman–Crippen MR) is 146 cm³/mol. The van der Waals surface area contributed by atoms with E-state index >= 15 is 0 Å². The summed E-state index contributed by atoms with van der Waals surface area (Å²) in [5, 5.41) is 7.08. The van der Waals surface area contributed by atoms with Crippen molar-refractivity contribution in [2.75, 3.05) is 42.1 Å². The van der Waals surface area contributed by atoms with Gasteiger partial charge in [-0.05, 0) is 61.9 Å². The maximum Gasteiger partial charge on any atom is 0.418 e. The van der Waals surface area contributed by atoms with Gasteiger partial charge in [0, 0.05) is 60.1 Å². The maximum absolute atomic E-state index is 13.8. The number of thioether (sulfide) groups is 1. The van der Waals surface area contributed by atoms with Crippen molar-refractivity contribution in [3.63, 3.8) is 0 Å². The summed E-state index contributed by atoms with van der Waals surface area (Å²) in [6.07, 6.45) is -3.70. The number of nitrogens with one attached hydrogen (secondary N) is 2. The Labute approximate surface area is 228 Å². The zero-order valence-corrected chi connectivity index (χ0v) is 22.4. The molecule has 4 rings (SSSR count). The van der Waals surface area contributed by atoms with Gasteiger partial charge in [0.2, 0.25) is 0 Å². The molecule has 1 aliphatic rings. The van der Waals surface area contributed by atoms with Crippen LogP contribution in [0.25, 0.3) is 10.9 Å². The lowest BCUT2D eigenvalue weighted by Crippen LogP contribution is -2.49. The minimum absolute atomic E-state index is 0.131. The smallest absolute Gasteiger partial charge is 0.385 e. The lowest BCUT2D eigenvalue weighted by molar-refractivity contribution is -0.138. The molecule has 2 N–H and O–H groups in total. The van der Waals surface area contributed by atoms with Crippen LogP contribution in [0.4, 0.5) is 37.7 Å². The van der Waals surface area contributed by atoms with E-state index in [1.165, 1.54) is 18.3 Å². The van der Waals surface area contributed by atoms with E-state index < -0.39 is 23.5 Å². The Morgan fingerprint density at radius 1 is 0.974 bits per heavy atom. The van der Waals surface area contributed by atoms with E-state index in [4.69, 9.17) is 0 Å². The lowest BCUT2D eigenvalue weighted by Gasteiger charge is -2.35. The molecule has 0 saturated carbocycles. The van der Waals surface area contributed by atoms with E-state index in [-0.39, 0.29) is 11.7 Å². The van der Waals surface area contributed by atoms with Crippen LogP contribution in [-0.2, 0) is 12.4 Å². The maximum atomic E-state index is 13.8. The van der Waals surface area contributed by atoms with Crippen LogP contribution in [-0.4, -0.2) is 43.0 Å². The molecular weight excluding hydrogens is 538 g/mol. The van der Waals surface area contributed by atoms with Crippen molar-refractivity contribution in [3.05, 3.63) is 59.8 Å². The Morgan fingerprint density at radius 3 is 2.51 bits per heavy atom. The number of pyridine rings is 1. The summed E-state index contributed by atoms with van der Waals surface area (Å²) in [5.74, 6) is 0.814. The van der Waals surface area contributed by atoms with Crippen LogP contribution in [0, 0.1) is 0 Å². The van der Waals surface area contributed by atoms with Crippen molar-refractivity contribution in [2.45, 2.75) is 55.9 Å². The van der Waals surface area contributed by atoms with Gasteiger partial charge in [-0.2, -0.15) is 26.3 Å². The fourth-order valence-corrected chi connectivity index (χ4v) is 5.77. The van der Waals surface area contributed by atoms with Crippen molar-refractivity contribution >= 4 is 34.0 Å². The van der Waals surface area contributed by atoms with Crippen LogP contribution in [0.1, 0.15) is 43.7 Å². The Morgan fingerprint density at radius 2 is 1.77 bits per heavy atom. The van der Waals surface area contributed by atoms with Gasteiger partial charge in [-0.25, -0.2) is 0 Å². The number of aromatic nitrogens is 1. The average molecular weight is 571 g/mol. The summed E-state index contributed by atoms with van der Waals surface area (Å²) in [5.41, 5.74) is -0.315. The number of anilines is 2. The number of piperazine rings is 1. The van der Waals surface area contributed by atoms with Gasteiger partial charge in [-0.1, -0.05) is 18.9 Å². The van der Waals surface area contributed by atoms with Gasteiger partial charge in [0.05, 0.1) is 16.6 Å². The van der Waals surface area contributed by atoms with E-state index in [0.29, 0.717) is 42.8 Å². The van der Waals surface area contributed by atoms with Gasteiger partial charge in [-0.3, -0.25) is 4.98 Å². The first-order valence-corrected chi connectivity index (χ1v) is 14.0. The molecule has 3 aromatic rings. The minimum atomic E-state index is -4.43. The molecule has 0 aliphatic carbocycles. The van der Waals surface area contributed by atoms with Gasteiger partial charge in [0.1, 0.15) is 0 Å². The van der Waals surface area contributed by atoms with Crippen molar-refractivity contribution in [2.24, 2.45) is 0 Å². The fourth-order valence-electron chi connectivity index (χ4n) is 4.72. The third-order valence-electron chi connectivity index (χ3n) is 6.70. The van der Waals surface area contributed by atoms with Crippen LogP contribution < -0.4 is 15.5 Å². The summed E-state index contributed by atoms with van der Waals surface area (Å²) in [4.78, 5) is 6.77. The minimum Gasteiger partial charge on any atom is -0.385 e. The fraction of sp³-hybridized carbons (Fsp3) is 0.464. The third-order valence-corrected chi connectivity index (χ3v) is 7.86. The quantitative estimate of drug-likeness (QED) is 0.148. The van der Waals surface area contributed by atoms with Gasteiger partial charge in [-0.15, -0.1) is 11.8 Å². The molecule has 1 unspecified atom stereocenters. The number of alkyl halides is 6. The molecule has 0 bridgehead atoms. The van der Waals surface area contributed by atoms with Gasteiger partial charge in [0.25, 0.3) is 0 Å². The number of rotatable bonds is 10. The highest BCUT2D eigenvalue weighted by Crippen LogP contribution is 2.39. The van der Waals surface area contributed by atoms with E-state index in [1.807, 2.05) is 13.0 Å². The molecule has 4 nitrogen and oxygen atoms in total. The zero-order valence-electron chi connectivity index (χ0n) is 21.6. The molecule has 1 aromatic heterocycles. The second-order valence-electron chi connectivity index (χ2n) is 9.76. The van der Waals surface area contributed by atoms with Gasteiger partial charge >= 0.3 is 12.4 Å². The largest absolute Gasteiger partial charge is 0.418 e. The monoisotopic (exact) mass is 570 g/mol. The Hall–Kier alpha value is -2.66. The molecule has 1 fully saturated rings. The number of unbranched alkanes of at least 4 members (excludes halogenated alkanes) is 3. The second kappa shape index (κ2) is 12.7. The van der Waals surface area contributed by atoms with E-state index in [9.17, 15) is 26.3 Å². The second-order valence-corrected chi connectivity index (χ2v) is 10.9. The van der Waals surface area contributed by atoms with Crippen LogP contribution in [0.15, 0.2) is 53.6 Å². The van der Waals surface area contributed by atoms with Crippen LogP contribution in [0.5, 0.6) is 0 Å². The Balaban J connectivity index is 1.21. The lowest BCUT2D eigenvalue weighted by atomic mass is 10.1. The summed E-state index contributed by atoms with van der Waals surface area (Å²) >= 11 is 1.59. The van der Waals surface area contributed by atoms with Crippen LogP contribution in [0.2, 0.25) is 0 Å². The van der Waals surface area contributed by atoms with Crippen molar-refractivity contribution in [1.82, 2.24) is 10.3 Å². The van der Waals surface area contributed by atoms with Crippen molar-refractivity contribution < 1.29 is 26.3 Å². The summed E-state index contributed by atoms with van der Waals surface area (Å²) in [6.45, 7) is 4.26. The first kappa shape index (κ1) is 29.3. The number of halogens is 6. The third kappa shape index (κ3) is 7.94. The zero-order chi connectivity index (χ0) is 28.0. The molecule has 0 spiro atoms. The number of fused-ring (bicyclic) bond motifs is 1. The van der Waals surface area contributed by atoms with E-state index in [2.05, 4.69) is 15.6 Å². The summed E-state index contributed by atoms with van der Waals surface area (Å²) < 4.78 is 80.3. The molecule has 0 amide bonds. The molecule has 2 aromatic carbocycles. The summed E-state index contributed by atoms with van der Waals surface area (Å²) in [7, 11) is 0.